The second kappa shape index (κ2) is 5.14. The quantitative estimate of drug-likeness (QED) is 0.893. The highest BCUT2D eigenvalue weighted by Gasteiger charge is 2.23. The number of nitrogens with one attached hydrogen (secondary N) is 1. The molecule has 0 atom stereocenters. The van der Waals surface area contributed by atoms with Crippen LogP contribution in [0.5, 0.6) is 0 Å². The molecular formula is C10H5BrF3NO2S2. The Kier molecular flexibility index (Phi) is 3.88. The minimum absolute atomic E-state index is 0.129. The lowest BCUT2D eigenvalue weighted by atomic mass is 10.3. The van der Waals surface area contributed by atoms with Crippen molar-refractivity contribution in [3.05, 3.63) is 45.5 Å². The molecule has 102 valence electrons. The zero-order valence-electron chi connectivity index (χ0n) is 8.95. The van der Waals surface area contributed by atoms with Gasteiger partial charge in [0.15, 0.2) is 15.8 Å². The van der Waals surface area contributed by atoms with Crippen molar-refractivity contribution in [3.63, 3.8) is 0 Å². The minimum atomic E-state index is -4.14. The van der Waals surface area contributed by atoms with Crippen LogP contribution in [0.2, 0.25) is 0 Å². The number of rotatable bonds is 3. The molecule has 0 saturated heterocycles. The van der Waals surface area contributed by atoms with E-state index < -0.39 is 33.2 Å². The van der Waals surface area contributed by atoms with Crippen molar-refractivity contribution in [2.45, 2.75) is 4.21 Å². The summed E-state index contributed by atoms with van der Waals surface area (Å²) >= 11 is 3.88. The van der Waals surface area contributed by atoms with E-state index in [1.54, 1.807) is 4.72 Å². The summed E-state index contributed by atoms with van der Waals surface area (Å²) in [5.74, 6) is -3.78. The fourth-order valence-electron chi connectivity index (χ4n) is 1.29. The molecule has 1 N–H and O–H groups in total. The molecule has 0 bridgehead atoms. The van der Waals surface area contributed by atoms with Gasteiger partial charge in [-0.3, -0.25) is 4.72 Å². The Morgan fingerprint density at radius 3 is 2.21 bits per heavy atom. The molecule has 3 nitrogen and oxygen atoms in total. The number of benzene rings is 1. The first-order chi connectivity index (χ1) is 8.81. The van der Waals surface area contributed by atoms with Crippen LogP contribution in [-0.4, -0.2) is 8.42 Å². The summed E-state index contributed by atoms with van der Waals surface area (Å²) in [6.07, 6.45) is 0. The summed E-state index contributed by atoms with van der Waals surface area (Å²) in [6, 6.07) is 2.27. The van der Waals surface area contributed by atoms with Gasteiger partial charge in [0.1, 0.15) is 11.5 Å². The Morgan fingerprint density at radius 1 is 1.16 bits per heavy atom. The topological polar surface area (TPSA) is 46.2 Å². The fourth-order valence-corrected chi connectivity index (χ4v) is 4.71. The van der Waals surface area contributed by atoms with E-state index in [1.165, 1.54) is 11.4 Å². The lowest BCUT2D eigenvalue weighted by molar-refractivity contribution is 0.547. The van der Waals surface area contributed by atoms with Gasteiger partial charge in [-0.1, -0.05) is 0 Å². The van der Waals surface area contributed by atoms with E-state index in [4.69, 9.17) is 0 Å². The monoisotopic (exact) mass is 371 g/mol. The molecule has 1 heterocycles. The van der Waals surface area contributed by atoms with Crippen LogP contribution in [0.15, 0.2) is 32.3 Å². The Labute approximate surface area is 119 Å². The van der Waals surface area contributed by atoms with E-state index in [0.29, 0.717) is 12.1 Å². The van der Waals surface area contributed by atoms with Crippen LogP contribution in [-0.2, 0) is 10.0 Å². The zero-order chi connectivity index (χ0) is 14.2. The molecule has 0 radical (unpaired) electrons. The van der Waals surface area contributed by atoms with Crippen LogP contribution in [0, 0.1) is 17.5 Å². The first-order valence-corrected chi connectivity index (χ1v) is 7.87. The third-order valence-electron chi connectivity index (χ3n) is 2.07. The van der Waals surface area contributed by atoms with Crippen molar-refractivity contribution in [2.24, 2.45) is 0 Å². The molecule has 0 fully saturated rings. The van der Waals surface area contributed by atoms with Gasteiger partial charge in [-0.15, -0.1) is 11.3 Å². The number of hydrogen-bond donors (Lipinski definition) is 1. The number of halogens is 4. The number of thiophene rings is 1. The van der Waals surface area contributed by atoms with Gasteiger partial charge in [0.2, 0.25) is 0 Å². The summed E-state index contributed by atoms with van der Waals surface area (Å²) in [4.78, 5) is 0. The Morgan fingerprint density at radius 2 is 1.74 bits per heavy atom. The maximum absolute atomic E-state index is 13.4. The van der Waals surface area contributed by atoms with Gasteiger partial charge >= 0.3 is 0 Å². The highest BCUT2D eigenvalue weighted by atomic mass is 79.9. The van der Waals surface area contributed by atoms with Crippen LogP contribution < -0.4 is 4.72 Å². The van der Waals surface area contributed by atoms with Crippen LogP contribution >= 0.6 is 27.3 Å². The average Bonchev–Trinajstić information content (AvgIpc) is 2.70. The standard InChI is InChI=1S/C10H5BrF3NO2S2/c11-6-1-2-18-10(6)19(16,17)15-9-7(13)3-5(12)4-8(9)14/h1-4,15H. The van der Waals surface area contributed by atoms with Crippen molar-refractivity contribution in [1.82, 2.24) is 0 Å². The number of anilines is 1. The highest BCUT2D eigenvalue weighted by molar-refractivity contribution is 9.10. The SMILES string of the molecule is O=S(=O)(Nc1c(F)cc(F)cc1F)c1sccc1Br. The molecule has 0 aliphatic rings. The molecule has 2 aromatic rings. The smallest absolute Gasteiger partial charge is 0.272 e. The van der Waals surface area contributed by atoms with E-state index in [2.05, 4.69) is 15.9 Å². The van der Waals surface area contributed by atoms with Crippen molar-refractivity contribution < 1.29 is 21.6 Å². The number of hydrogen-bond acceptors (Lipinski definition) is 3. The normalized spacial score (nSPS) is 11.6. The van der Waals surface area contributed by atoms with Crippen molar-refractivity contribution in [1.29, 1.82) is 0 Å². The van der Waals surface area contributed by atoms with Gasteiger partial charge in [0.25, 0.3) is 10.0 Å². The van der Waals surface area contributed by atoms with Gasteiger partial charge in [-0.25, -0.2) is 21.6 Å². The molecule has 0 aliphatic carbocycles. The van der Waals surface area contributed by atoms with E-state index in [0.717, 1.165) is 11.3 Å². The van der Waals surface area contributed by atoms with Crippen molar-refractivity contribution in [3.8, 4) is 0 Å². The molecule has 1 aromatic heterocycles. The Balaban J connectivity index is 2.45. The van der Waals surface area contributed by atoms with Crippen molar-refractivity contribution in [2.75, 3.05) is 4.72 Å². The van der Waals surface area contributed by atoms with E-state index in [9.17, 15) is 21.6 Å². The zero-order valence-corrected chi connectivity index (χ0v) is 12.2. The third kappa shape index (κ3) is 2.93. The first-order valence-electron chi connectivity index (χ1n) is 4.71. The van der Waals surface area contributed by atoms with Crippen LogP contribution in [0.25, 0.3) is 0 Å². The molecule has 0 aliphatic heterocycles. The summed E-state index contributed by atoms with van der Waals surface area (Å²) in [6.45, 7) is 0. The van der Waals surface area contributed by atoms with Crippen LogP contribution in [0.4, 0.5) is 18.9 Å². The summed E-state index contributed by atoms with van der Waals surface area (Å²) in [5.41, 5.74) is -0.915. The molecule has 1 aromatic carbocycles. The lowest BCUT2D eigenvalue weighted by Gasteiger charge is -2.09. The van der Waals surface area contributed by atoms with E-state index >= 15 is 0 Å². The lowest BCUT2D eigenvalue weighted by Crippen LogP contribution is -2.14. The third-order valence-corrected chi connectivity index (χ3v) is 6.09. The summed E-state index contributed by atoms with van der Waals surface area (Å²) in [7, 11) is -4.14. The van der Waals surface area contributed by atoms with Gasteiger partial charge in [0.05, 0.1) is 0 Å². The average molecular weight is 372 g/mol. The van der Waals surface area contributed by atoms with Gasteiger partial charge < -0.3 is 0 Å². The molecule has 0 unspecified atom stereocenters. The van der Waals surface area contributed by atoms with Gasteiger partial charge in [0, 0.05) is 16.6 Å². The van der Waals surface area contributed by atoms with Crippen LogP contribution in [0.1, 0.15) is 0 Å². The summed E-state index contributed by atoms with van der Waals surface area (Å²) in [5, 5.41) is 1.50. The molecule has 2 rings (SSSR count). The largest absolute Gasteiger partial charge is 0.273 e. The molecule has 0 amide bonds. The summed E-state index contributed by atoms with van der Waals surface area (Å²) < 4.78 is 65.2. The van der Waals surface area contributed by atoms with E-state index in [-0.39, 0.29) is 8.68 Å². The Hall–Kier alpha value is -1.06. The van der Waals surface area contributed by atoms with Crippen molar-refractivity contribution >= 4 is 43.0 Å². The Bertz CT molecular complexity index is 707. The van der Waals surface area contributed by atoms with Gasteiger partial charge in [-0.05, 0) is 27.4 Å². The van der Waals surface area contributed by atoms with Crippen LogP contribution in [0.3, 0.4) is 0 Å². The maximum Gasteiger partial charge on any atom is 0.272 e. The van der Waals surface area contributed by atoms with Gasteiger partial charge in [-0.2, -0.15) is 0 Å². The second-order valence-corrected chi connectivity index (χ2v) is 7.05. The highest BCUT2D eigenvalue weighted by Crippen LogP contribution is 2.30. The first kappa shape index (κ1) is 14.4. The predicted molar refractivity (Wildman–Crippen MR) is 69.1 cm³/mol. The molecule has 0 saturated carbocycles. The fraction of sp³-hybridized carbons (Fsp3) is 0. The molecule has 0 spiro atoms. The molecular weight excluding hydrogens is 367 g/mol. The molecule has 19 heavy (non-hydrogen) atoms. The molecule has 9 heteroatoms. The van der Waals surface area contributed by atoms with E-state index in [1.807, 2.05) is 0 Å². The second-order valence-electron chi connectivity index (χ2n) is 3.41. The minimum Gasteiger partial charge on any atom is -0.273 e. The maximum atomic E-state index is 13.4. The number of sulfonamides is 1. The predicted octanol–water partition coefficient (Wildman–Crippen LogP) is 3.73.